The second kappa shape index (κ2) is 4.58. The van der Waals surface area contributed by atoms with Crippen LogP contribution in [0.3, 0.4) is 0 Å². The SMILES string of the molecule is CN(CC(F)(F)F)c1ccc(N)cc1C(F)(F)F. The molecule has 8 heteroatoms. The Morgan fingerprint density at radius 1 is 1.11 bits per heavy atom. The monoisotopic (exact) mass is 272 g/mol. The fraction of sp³-hybridized carbons (Fsp3) is 0.400. The van der Waals surface area contributed by atoms with Gasteiger partial charge >= 0.3 is 12.4 Å². The van der Waals surface area contributed by atoms with Crippen molar-refractivity contribution in [3.8, 4) is 0 Å². The smallest absolute Gasteiger partial charge is 0.399 e. The van der Waals surface area contributed by atoms with Crippen LogP contribution in [0.1, 0.15) is 5.56 Å². The molecule has 0 saturated heterocycles. The zero-order valence-corrected chi connectivity index (χ0v) is 9.23. The molecule has 18 heavy (non-hydrogen) atoms. The normalized spacial score (nSPS) is 12.6. The van der Waals surface area contributed by atoms with E-state index in [1.807, 2.05) is 0 Å². The van der Waals surface area contributed by atoms with Crippen LogP contribution in [0.2, 0.25) is 0 Å². The Bertz CT molecular complexity index is 423. The maximum atomic E-state index is 12.7. The van der Waals surface area contributed by atoms with Crippen LogP contribution in [-0.4, -0.2) is 19.8 Å². The van der Waals surface area contributed by atoms with Gasteiger partial charge in [-0.2, -0.15) is 26.3 Å². The van der Waals surface area contributed by atoms with E-state index in [1.165, 1.54) is 0 Å². The molecule has 1 aromatic carbocycles. The molecular formula is C10H10F6N2. The highest BCUT2D eigenvalue weighted by molar-refractivity contribution is 5.60. The van der Waals surface area contributed by atoms with Gasteiger partial charge in [-0.25, -0.2) is 0 Å². The van der Waals surface area contributed by atoms with Gasteiger partial charge in [-0.05, 0) is 18.2 Å². The van der Waals surface area contributed by atoms with Gasteiger partial charge in [0, 0.05) is 18.4 Å². The molecule has 0 amide bonds. The molecule has 0 radical (unpaired) electrons. The van der Waals surface area contributed by atoms with Gasteiger partial charge in [0.05, 0.1) is 5.56 Å². The average Bonchev–Trinajstić information content (AvgIpc) is 2.13. The lowest BCUT2D eigenvalue weighted by Gasteiger charge is -2.24. The molecule has 0 aliphatic heterocycles. The van der Waals surface area contributed by atoms with E-state index < -0.39 is 30.1 Å². The van der Waals surface area contributed by atoms with E-state index in [4.69, 9.17) is 5.73 Å². The molecule has 0 fully saturated rings. The van der Waals surface area contributed by atoms with Crippen molar-refractivity contribution in [3.05, 3.63) is 23.8 Å². The first-order chi connectivity index (χ1) is 8.00. The first-order valence-corrected chi connectivity index (χ1v) is 4.75. The van der Waals surface area contributed by atoms with Gasteiger partial charge in [0.15, 0.2) is 0 Å². The van der Waals surface area contributed by atoms with Crippen molar-refractivity contribution in [2.24, 2.45) is 0 Å². The van der Waals surface area contributed by atoms with Gasteiger partial charge < -0.3 is 10.6 Å². The molecule has 1 aromatic rings. The van der Waals surface area contributed by atoms with Crippen molar-refractivity contribution in [2.75, 3.05) is 24.2 Å². The summed E-state index contributed by atoms with van der Waals surface area (Å²) < 4.78 is 74.4. The first kappa shape index (κ1) is 14.5. The number of nitrogen functional groups attached to an aromatic ring is 1. The molecule has 0 unspecified atom stereocenters. The molecule has 0 bridgehead atoms. The Kier molecular flexibility index (Phi) is 3.68. The predicted octanol–water partition coefficient (Wildman–Crippen LogP) is 3.29. The number of rotatable bonds is 2. The molecule has 0 heterocycles. The van der Waals surface area contributed by atoms with Gasteiger partial charge in [0.25, 0.3) is 0 Å². The highest BCUT2D eigenvalue weighted by Gasteiger charge is 2.37. The molecule has 1 rings (SSSR count). The molecule has 0 atom stereocenters. The largest absolute Gasteiger partial charge is 0.418 e. The van der Waals surface area contributed by atoms with Gasteiger partial charge in [-0.1, -0.05) is 0 Å². The summed E-state index contributed by atoms with van der Waals surface area (Å²) in [5, 5.41) is 0. The molecule has 0 aromatic heterocycles. The zero-order valence-electron chi connectivity index (χ0n) is 9.23. The number of hydrogen-bond acceptors (Lipinski definition) is 2. The van der Waals surface area contributed by atoms with Crippen molar-refractivity contribution in [2.45, 2.75) is 12.4 Å². The summed E-state index contributed by atoms with van der Waals surface area (Å²) in [4.78, 5) is 0.488. The Balaban J connectivity index is 3.16. The third-order valence-corrected chi connectivity index (χ3v) is 2.15. The highest BCUT2D eigenvalue weighted by Crippen LogP contribution is 2.38. The van der Waals surface area contributed by atoms with Crippen molar-refractivity contribution in [1.29, 1.82) is 0 Å². The molecule has 102 valence electrons. The third kappa shape index (κ3) is 3.71. The predicted molar refractivity (Wildman–Crippen MR) is 55.2 cm³/mol. The summed E-state index contributed by atoms with van der Waals surface area (Å²) in [7, 11) is 0.939. The lowest BCUT2D eigenvalue weighted by atomic mass is 10.1. The number of anilines is 2. The Hall–Kier alpha value is -1.60. The lowest BCUT2D eigenvalue weighted by molar-refractivity contribution is -0.138. The standard InChI is InChI=1S/C10H10F6N2/c1-18(5-9(11,12)13)8-3-2-6(17)4-7(8)10(14,15)16/h2-4H,5,17H2,1H3. The minimum absolute atomic E-state index is 0.161. The van der Waals surface area contributed by atoms with Crippen LogP contribution in [-0.2, 0) is 6.18 Å². The molecule has 0 saturated carbocycles. The maximum absolute atomic E-state index is 12.7. The Morgan fingerprint density at radius 2 is 1.67 bits per heavy atom. The van der Waals surface area contributed by atoms with Crippen LogP contribution in [0.25, 0.3) is 0 Å². The molecule has 0 aliphatic carbocycles. The van der Waals surface area contributed by atoms with E-state index in [-0.39, 0.29) is 5.69 Å². The number of nitrogens with zero attached hydrogens (tertiary/aromatic N) is 1. The maximum Gasteiger partial charge on any atom is 0.418 e. The van der Waals surface area contributed by atoms with Crippen LogP contribution >= 0.6 is 0 Å². The lowest BCUT2D eigenvalue weighted by Crippen LogP contribution is -2.32. The Labute approximate surface area is 99.0 Å². The quantitative estimate of drug-likeness (QED) is 0.661. The zero-order chi connectivity index (χ0) is 14.1. The Morgan fingerprint density at radius 3 is 2.11 bits per heavy atom. The fourth-order valence-corrected chi connectivity index (χ4v) is 1.47. The van der Waals surface area contributed by atoms with Gasteiger partial charge in [0.1, 0.15) is 6.54 Å². The molecular weight excluding hydrogens is 262 g/mol. The third-order valence-electron chi connectivity index (χ3n) is 2.15. The van der Waals surface area contributed by atoms with E-state index in [2.05, 4.69) is 0 Å². The molecule has 2 nitrogen and oxygen atoms in total. The second-order valence-corrected chi connectivity index (χ2v) is 3.75. The van der Waals surface area contributed by atoms with E-state index in [1.54, 1.807) is 0 Å². The topological polar surface area (TPSA) is 29.3 Å². The summed E-state index contributed by atoms with van der Waals surface area (Å²) in [6.07, 6.45) is -9.34. The first-order valence-electron chi connectivity index (χ1n) is 4.75. The minimum atomic E-state index is -4.76. The van der Waals surface area contributed by atoms with E-state index in [9.17, 15) is 26.3 Å². The summed E-state index contributed by atoms with van der Waals surface area (Å²) in [6.45, 7) is -1.47. The van der Waals surface area contributed by atoms with Gasteiger partial charge in [-0.15, -0.1) is 0 Å². The van der Waals surface area contributed by atoms with Crippen molar-refractivity contribution in [3.63, 3.8) is 0 Å². The number of halogens is 6. The summed E-state index contributed by atoms with van der Waals surface area (Å²) in [5.74, 6) is 0. The summed E-state index contributed by atoms with van der Waals surface area (Å²) in [5.41, 5.74) is 3.30. The summed E-state index contributed by atoms with van der Waals surface area (Å²) in [6, 6.07) is 2.66. The fourth-order valence-electron chi connectivity index (χ4n) is 1.47. The van der Waals surface area contributed by atoms with Crippen LogP contribution in [0.5, 0.6) is 0 Å². The molecule has 0 aliphatic rings. The van der Waals surface area contributed by atoms with Crippen LogP contribution in [0.4, 0.5) is 37.7 Å². The van der Waals surface area contributed by atoms with Crippen LogP contribution in [0, 0.1) is 0 Å². The molecule has 2 N–H and O–H groups in total. The van der Waals surface area contributed by atoms with Gasteiger partial charge in [-0.3, -0.25) is 0 Å². The summed E-state index contributed by atoms with van der Waals surface area (Å²) >= 11 is 0. The number of alkyl halides is 6. The highest BCUT2D eigenvalue weighted by atomic mass is 19.4. The van der Waals surface area contributed by atoms with Crippen molar-refractivity contribution < 1.29 is 26.3 Å². The number of benzene rings is 1. The van der Waals surface area contributed by atoms with E-state index >= 15 is 0 Å². The van der Waals surface area contributed by atoms with Crippen molar-refractivity contribution in [1.82, 2.24) is 0 Å². The van der Waals surface area contributed by atoms with Crippen molar-refractivity contribution >= 4 is 11.4 Å². The number of nitrogens with two attached hydrogens (primary N) is 1. The molecule has 0 spiro atoms. The number of hydrogen-bond donors (Lipinski definition) is 1. The minimum Gasteiger partial charge on any atom is -0.399 e. The van der Waals surface area contributed by atoms with Gasteiger partial charge in [0.2, 0.25) is 0 Å². The van der Waals surface area contributed by atoms with Crippen LogP contribution in [0.15, 0.2) is 18.2 Å². The van der Waals surface area contributed by atoms with E-state index in [0.29, 0.717) is 11.0 Å². The average molecular weight is 272 g/mol. The van der Waals surface area contributed by atoms with Crippen LogP contribution < -0.4 is 10.6 Å². The van der Waals surface area contributed by atoms with E-state index in [0.717, 1.165) is 19.2 Å². The second-order valence-electron chi connectivity index (χ2n) is 3.75.